The van der Waals surface area contributed by atoms with Crippen LogP contribution >= 0.6 is 34.5 Å². The number of thiophene rings is 1. The van der Waals surface area contributed by atoms with E-state index in [2.05, 4.69) is 12.2 Å². The van der Waals surface area contributed by atoms with Gasteiger partial charge in [-0.1, -0.05) is 30.1 Å². The van der Waals surface area contributed by atoms with E-state index < -0.39 is 5.91 Å². The van der Waals surface area contributed by atoms with E-state index in [0.29, 0.717) is 38.0 Å². The smallest absolute Gasteiger partial charge is 0.251 e. The summed E-state index contributed by atoms with van der Waals surface area (Å²) in [5, 5.41) is 4.33. The van der Waals surface area contributed by atoms with Crippen molar-refractivity contribution >= 4 is 57.4 Å². The molecule has 0 bridgehead atoms. The molecule has 160 valence electrons. The lowest BCUT2D eigenvalue weighted by atomic mass is 9.88. The first-order valence-electron chi connectivity index (χ1n) is 9.80. The first kappa shape index (κ1) is 21.7. The second-order valence-corrected chi connectivity index (χ2v) is 9.58. The first-order valence-corrected chi connectivity index (χ1v) is 11.4. The van der Waals surface area contributed by atoms with Gasteiger partial charge in [-0.25, -0.2) is 0 Å². The second kappa shape index (κ2) is 8.91. The van der Waals surface area contributed by atoms with Crippen molar-refractivity contribution < 1.29 is 14.0 Å². The van der Waals surface area contributed by atoms with E-state index in [0.717, 1.165) is 35.3 Å². The van der Waals surface area contributed by atoms with Gasteiger partial charge in [0.05, 0.1) is 5.56 Å². The molecule has 2 aromatic heterocycles. The van der Waals surface area contributed by atoms with E-state index in [-0.39, 0.29) is 5.91 Å². The number of furan rings is 1. The zero-order valence-electron chi connectivity index (χ0n) is 16.7. The monoisotopic (exact) mass is 474 g/mol. The fraction of sp³-hybridized carbons (Fsp3) is 0.217. The molecule has 2 amide bonds. The van der Waals surface area contributed by atoms with Crippen molar-refractivity contribution in [2.24, 2.45) is 11.7 Å². The van der Waals surface area contributed by atoms with Crippen LogP contribution in [-0.2, 0) is 17.6 Å². The lowest BCUT2D eigenvalue weighted by Gasteiger charge is -2.18. The molecular weight excluding hydrogens is 455 g/mol. The standard InChI is InChI=1S/C23H20Cl2N2O3S/c1-12-2-5-17-19(8-12)31-23(21(17)22(26)29)27-20(28)7-4-16-3-6-18(30-16)13-9-14(24)11-15(25)10-13/h3-4,6-7,9-12H,2,5,8H2,1H3,(H2,26,29)(H,27,28)/b7-4+/t12-/m0/s1. The van der Waals surface area contributed by atoms with E-state index in [1.54, 1.807) is 36.4 Å². The minimum Gasteiger partial charge on any atom is -0.457 e. The van der Waals surface area contributed by atoms with E-state index in [4.69, 9.17) is 33.4 Å². The van der Waals surface area contributed by atoms with Crippen LogP contribution < -0.4 is 11.1 Å². The zero-order chi connectivity index (χ0) is 22.1. The zero-order valence-corrected chi connectivity index (χ0v) is 19.0. The van der Waals surface area contributed by atoms with Gasteiger partial charge >= 0.3 is 0 Å². The topological polar surface area (TPSA) is 85.3 Å². The Balaban J connectivity index is 1.50. The van der Waals surface area contributed by atoms with Gasteiger partial charge in [0.1, 0.15) is 16.5 Å². The van der Waals surface area contributed by atoms with Crippen molar-refractivity contribution in [2.45, 2.75) is 26.2 Å². The third-order valence-corrected chi connectivity index (χ3v) is 6.77. The highest BCUT2D eigenvalue weighted by atomic mass is 35.5. The van der Waals surface area contributed by atoms with Crippen LogP contribution in [-0.4, -0.2) is 11.8 Å². The molecule has 3 N–H and O–H groups in total. The molecule has 0 saturated heterocycles. The molecule has 0 saturated carbocycles. The second-order valence-electron chi connectivity index (χ2n) is 7.60. The number of fused-ring (bicyclic) bond motifs is 1. The number of amides is 2. The van der Waals surface area contributed by atoms with Crippen LogP contribution in [0.1, 0.15) is 39.9 Å². The maximum absolute atomic E-state index is 12.5. The van der Waals surface area contributed by atoms with Crippen LogP contribution in [0.4, 0.5) is 5.00 Å². The molecule has 8 heteroatoms. The fourth-order valence-electron chi connectivity index (χ4n) is 3.70. The highest BCUT2D eigenvalue weighted by Gasteiger charge is 2.26. The summed E-state index contributed by atoms with van der Waals surface area (Å²) >= 11 is 13.5. The summed E-state index contributed by atoms with van der Waals surface area (Å²) in [4.78, 5) is 25.6. The minimum absolute atomic E-state index is 0.363. The highest BCUT2D eigenvalue weighted by molar-refractivity contribution is 7.17. The molecule has 1 aliphatic carbocycles. The molecule has 0 spiro atoms. The van der Waals surface area contributed by atoms with Crippen LogP contribution in [0, 0.1) is 5.92 Å². The van der Waals surface area contributed by atoms with Gasteiger partial charge in [0, 0.05) is 26.6 Å². The number of carbonyl (C=O) groups excluding carboxylic acids is 2. The van der Waals surface area contributed by atoms with Gasteiger partial charge in [-0.2, -0.15) is 0 Å². The summed E-state index contributed by atoms with van der Waals surface area (Å²) in [6, 6.07) is 8.66. The van der Waals surface area contributed by atoms with Crippen LogP contribution in [0.2, 0.25) is 10.0 Å². The van der Waals surface area contributed by atoms with E-state index >= 15 is 0 Å². The lowest BCUT2D eigenvalue weighted by Crippen LogP contribution is -2.18. The lowest BCUT2D eigenvalue weighted by molar-refractivity contribution is -0.111. The van der Waals surface area contributed by atoms with Gasteiger partial charge in [-0.05, 0) is 67.2 Å². The van der Waals surface area contributed by atoms with E-state index in [1.807, 2.05) is 0 Å². The Morgan fingerprint density at radius 3 is 2.68 bits per heavy atom. The van der Waals surface area contributed by atoms with E-state index in [1.165, 1.54) is 17.4 Å². The van der Waals surface area contributed by atoms with Crippen molar-refractivity contribution in [1.82, 2.24) is 0 Å². The highest BCUT2D eigenvalue weighted by Crippen LogP contribution is 2.39. The summed E-state index contributed by atoms with van der Waals surface area (Å²) in [5.74, 6) is 0.758. The molecule has 4 rings (SSSR count). The molecule has 0 fully saturated rings. The fourth-order valence-corrected chi connectivity index (χ4v) is 5.65. The molecule has 5 nitrogen and oxygen atoms in total. The summed E-state index contributed by atoms with van der Waals surface area (Å²) in [7, 11) is 0. The molecule has 0 radical (unpaired) electrons. The summed E-state index contributed by atoms with van der Waals surface area (Å²) in [5.41, 5.74) is 7.76. The first-order chi connectivity index (χ1) is 14.8. The molecule has 31 heavy (non-hydrogen) atoms. The van der Waals surface area contributed by atoms with Gasteiger partial charge in [-0.15, -0.1) is 11.3 Å². The molecular formula is C23H20Cl2N2O3S. The van der Waals surface area contributed by atoms with Gasteiger partial charge in [0.15, 0.2) is 0 Å². The largest absolute Gasteiger partial charge is 0.457 e. The van der Waals surface area contributed by atoms with Crippen molar-refractivity contribution in [1.29, 1.82) is 0 Å². The Hall–Kier alpha value is -2.54. The van der Waals surface area contributed by atoms with Crippen LogP contribution in [0.5, 0.6) is 0 Å². The predicted octanol–water partition coefficient (Wildman–Crippen LogP) is 6.19. The number of nitrogens with two attached hydrogens (primary N) is 1. The Morgan fingerprint density at radius 2 is 1.97 bits per heavy atom. The maximum atomic E-state index is 12.5. The van der Waals surface area contributed by atoms with Gasteiger partial charge in [-0.3, -0.25) is 9.59 Å². The Labute approximate surface area is 193 Å². The van der Waals surface area contributed by atoms with Gasteiger partial charge in [0.2, 0.25) is 5.91 Å². The number of carbonyl (C=O) groups is 2. The summed E-state index contributed by atoms with van der Waals surface area (Å²) in [6.45, 7) is 2.18. The molecule has 2 heterocycles. The Bertz CT molecular complexity index is 1180. The van der Waals surface area contributed by atoms with Crippen molar-refractivity contribution in [3.8, 4) is 11.3 Å². The van der Waals surface area contributed by atoms with Crippen LogP contribution in [0.3, 0.4) is 0 Å². The summed E-state index contributed by atoms with van der Waals surface area (Å²) in [6.07, 6.45) is 5.63. The number of hydrogen-bond donors (Lipinski definition) is 2. The number of hydrogen-bond acceptors (Lipinski definition) is 4. The predicted molar refractivity (Wildman–Crippen MR) is 126 cm³/mol. The number of primary amides is 1. The van der Waals surface area contributed by atoms with Crippen LogP contribution in [0.15, 0.2) is 40.8 Å². The number of nitrogens with one attached hydrogen (secondary N) is 1. The number of benzene rings is 1. The third-order valence-electron chi connectivity index (χ3n) is 5.17. The SMILES string of the molecule is C[C@H]1CCc2c(sc(NC(=O)/C=C/c3ccc(-c4cc(Cl)cc(Cl)c4)o3)c2C(N)=O)C1. The van der Waals surface area contributed by atoms with Crippen molar-refractivity contribution in [3.63, 3.8) is 0 Å². The summed E-state index contributed by atoms with van der Waals surface area (Å²) < 4.78 is 5.76. The minimum atomic E-state index is -0.512. The molecule has 1 atom stereocenters. The molecule has 0 aliphatic heterocycles. The normalized spacial score (nSPS) is 15.8. The van der Waals surface area contributed by atoms with Crippen molar-refractivity contribution in [2.75, 3.05) is 5.32 Å². The maximum Gasteiger partial charge on any atom is 0.251 e. The van der Waals surface area contributed by atoms with E-state index in [9.17, 15) is 9.59 Å². The van der Waals surface area contributed by atoms with Crippen molar-refractivity contribution in [3.05, 3.63) is 68.2 Å². The third kappa shape index (κ3) is 4.87. The Kier molecular flexibility index (Phi) is 6.23. The average Bonchev–Trinajstić information content (AvgIpc) is 3.29. The molecule has 1 aromatic carbocycles. The number of halogens is 2. The quantitative estimate of drug-likeness (QED) is 0.432. The Morgan fingerprint density at radius 1 is 1.23 bits per heavy atom. The molecule has 3 aromatic rings. The number of rotatable bonds is 5. The average molecular weight is 475 g/mol. The van der Waals surface area contributed by atoms with Gasteiger partial charge < -0.3 is 15.5 Å². The van der Waals surface area contributed by atoms with Gasteiger partial charge in [0.25, 0.3) is 5.91 Å². The molecule has 1 aliphatic rings. The number of anilines is 1. The molecule has 0 unspecified atom stereocenters. The van der Waals surface area contributed by atoms with Crippen LogP contribution in [0.25, 0.3) is 17.4 Å².